The number of nitrogens with two attached hydrogens (primary N) is 1. The molecule has 3 amide bonds. The third-order valence-corrected chi connectivity index (χ3v) is 5.63. The lowest BCUT2D eigenvalue weighted by atomic mass is 10.1. The molecule has 212 valence electrons. The summed E-state index contributed by atoms with van der Waals surface area (Å²) in [4.78, 5) is 38.6. The highest BCUT2D eigenvalue weighted by molar-refractivity contribution is 6.08. The monoisotopic (exact) mass is 553 g/mol. The molecule has 1 atom stereocenters. The molecule has 1 unspecified atom stereocenters. The molecule has 0 radical (unpaired) electrons. The second-order valence-corrected chi connectivity index (χ2v) is 10.2. The first-order chi connectivity index (χ1) is 19.0. The topological polar surface area (TPSA) is 150 Å². The molecule has 2 heterocycles. The molecule has 2 aromatic rings. The molecule has 0 spiro atoms. The minimum Gasteiger partial charge on any atom is -0.488 e. The van der Waals surface area contributed by atoms with Crippen LogP contribution in [0.4, 0.5) is 4.79 Å². The Balaban J connectivity index is 1.48. The first-order valence-electron chi connectivity index (χ1n) is 12.7. The van der Waals surface area contributed by atoms with Crippen LogP contribution in [0.25, 0.3) is 0 Å². The van der Waals surface area contributed by atoms with E-state index in [4.69, 9.17) is 29.1 Å². The van der Waals surface area contributed by atoms with Crippen LogP contribution in [0.1, 0.15) is 47.9 Å². The number of amidine groups is 1. The van der Waals surface area contributed by atoms with E-state index in [0.29, 0.717) is 48.2 Å². The molecular weight excluding hydrogens is 520 g/mol. The fourth-order valence-electron chi connectivity index (χ4n) is 3.81. The Kier molecular flexibility index (Phi) is 8.58. The van der Waals surface area contributed by atoms with Crippen LogP contribution in [0.5, 0.6) is 23.0 Å². The third-order valence-electron chi connectivity index (χ3n) is 5.63. The summed E-state index contributed by atoms with van der Waals surface area (Å²) in [5.74, 6) is 0.853. The zero-order valence-electron chi connectivity index (χ0n) is 22.8. The van der Waals surface area contributed by atoms with E-state index < -0.39 is 17.6 Å². The van der Waals surface area contributed by atoms with Gasteiger partial charge in [0.15, 0.2) is 6.73 Å². The Morgan fingerprint density at radius 1 is 1.12 bits per heavy atom. The smallest absolute Gasteiger partial charge is 0.411 e. The quantitative estimate of drug-likeness (QED) is 0.348. The molecule has 0 aliphatic carbocycles. The highest BCUT2D eigenvalue weighted by Gasteiger charge is 2.24. The predicted octanol–water partition coefficient (Wildman–Crippen LogP) is 1.99. The lowest BCUT2D eigenvalue weighted by Gasteiger charge is -2.25. The SMILES string of the molecule is CN1COc2cc(Oc3cc(OC4CCOC4)cc(C(=O)NC(=[NH2+])/C=C\NC(=O)OC(C)(C)C)c3)ccc2C1=O. The van der Waals surface area contributed by atoms with Crippen molar-refractivity contribution in [2.75, 3.05) is 27.0 Å². The number of carbonyl (C=O) groups is 3. The van der Waals surface area contributed by atoms with Crippen molar-refractivity contribution < 1.29 is 43.5 Å². The van der Waals surface area contributed by atoms with Gasteiger partial charge in [-0.05, 0) is 45.0 Å². The van der Waals surface area contributed by atoms with Crippen molar-refractivity contribution in [2.24, 2.45) is 0 Å². The number of carbonyl (C=O) groups excluding carboxylic acids is 3. The van der Waals surface area contributed by atoms with Gasteiger partial charge in [0.2, 0.25) is 0 Å². The summed E-state index contributed by atoms with van der Waals surface area (Å²) in [7, 11) is 1.65. The van der Waals surface area contributed by atoms with E-state index in [9.17, 15) is 14.4 Å². The van der Waals surface area contributed by atoms with Gasteiger partial charge in [0.1, 0.15) is 34.7 Å². The van der Waals surface area contributed by atoms with Crippen molar-refractivity contribution >= 4 is 23.7 Å². The fraction of sp³-hybridized carbons (Fsp3) is 0.357. The Morgan fingerprint density at radius 2 is 1.90 bits per heavy atom. The molecule has 1 saturated heterocycles. The highest BCUT2D eigenvalue weighted by atomic mass is 16.6. The average Bonchev–Trinajstić information content (AvgIpc) is 3.38. The highest BCUT2D eigenvalue weighted by Crippen LogP contribution is 2.33. The second kappa shape index (κ2) is 12.1. The van der Waals surface area contributed by atoms with Crippen molar-refractivity contribution in [2.45, 2.75) is 38.9 Å². The van der Waals surface area contributed by atoms with E-state index in [2.05, 4.69) is 10.6 Å². The van der Waals surface area contributed by atoms with Gasteiger partial charge < -0.3 is 28.6 Å². The largest absolute Gasteiger partial charge is 0.488 e. The van der Waals surface area contributed by atoms with Gasteiger partial charge in [0, 0.05) is 37.9 Å². The van der Waals surface area contributed by atoms with Crippen LogP contribution in [0.15, 0.2) is 48.7 Å². The Hall–Kier alpha value is -4.58. The standard InChI is InChI=1S/C28H32N4O8/c1-28(2,3)40-27(35)30-9-7-24(29)31-25(33)17-11-20(13-21(12-17)39-19-8-10-36-15-19)38-18-5-6-22-23(14-18)37-16-32(4)26(22)34/h5-7,9,11-14,19H,8,10,15-16H2,1-4H3,(H,30,35)(H2,29,31,33)/p+1/b9-7-. The molecule has 0 bridgehead atoms. The number of nitrogens with zero attached hydrogens (tertiary/aromatic N) is 1. The summed E-state index contributed by atoms with van der Waals surface area (Å²) < 4.78 is 28.2. The van der Waals surface area contributed by atoms with Gasteiger partial charge in [0.05, 0.1) is 24.3 Å². The normalized spacial score (nSPS) is 16.6. The molecule has 12 heteroatoms. The number of hydrogen-bond acceptors (Lipinski definition) is 8. The maximum Gasteiger partial charge on any atom is 0.411 e. The number of amides is 3. The molecule has 4 rings (SSSR count). The number of nitrogens with one attached hydrogen (secondary N) is 2. The van der Waals surface area contributed by atoms with Gasteiger partial charge in [-0.15, -0.1) is 0 Å². The number of hydrogen-bond donors (Lipinski definition) is 3. The lowest BCUT2D eigenvalue weighted by molar-refractivity contribution is -0.115. The predicted molar refractivity (Wildman–Crippen MR) is 143 cm³/mol. The number of benzene rings is 2. The lowest BCUT2D eigenvalue weighted by Crippen LogP contribution is -2.50. The summed E-state index contributed by atoms with van der Waals surface area (Å²) in [6, 6.07) is 9.65. The Labute approximate surface area is 231 Å². The van der Waals surface area contributed by atoms with Crippen LogP contribution in [-0.4, -0.2) is 67.3 Å². The van der Waals surface area contributed by atoms with E-state index in [1.807, 2.05) is 0 Å². The van der Waals surface area contributed by atoms with Crippen LogP contribution in [0.3, 0.4) is 0 Å². The van der Waals surface area contributed by atoms with E-state index in [-0.39, 0.29) is 30.1 Å². The minimum absolute atomic E-state index is 0.0134. The van der Waals surface area contributed by atoms with Crippen LogP contribution < -0.4 is 30.3 Å². The molecule has 40 heavy (non-hydrogen) atoms. The van der Waals surface area contributed by atoms with E-state index in [1.54, 1.807) is 58.2 Å². The molecule has 4 N–H and O–H groups in total. The minimum atomic E-state index is -0.658. The van der Waals surface area contributed by atoms with Crippen molar-refractivity contribution in [3.05, 3.63) is 59.8 Å². The number of rotatable bonds is 7. The summed E-state index contributed by atoms with van der Waals surface area (Å²) in [5, 5.41) is 10.9. The van der Waals surface area contributed by atoms with Gasteiger partial charge in [-0.25, -0.2) is 14.9 Å². The molecule has 12 nitrogen and oxygen atoms in total. The van der Waals surface area contributed by atoms with E-state index in [1.165, 1.54) is 23.2 Å². The Bertz CT molecular complexity index is 1330. The maximum absolute atomic E-state index is 13.0. The van der Waals surface area contributed by atoms with Crippen molar-refractivity contribution in [3.8, 4) is 23.0 Å². The average molecular weight is 554 g/mol. The first-order valence-corrected chi connectivity index (χ1v) is 12.7. The van der Waals surface area contributed by atoms with Gasteiger partial charge in [-0.1, -0.05) is 0 Å². The van der Waals surface area contributed by atoms with E-state index in [0.717, 1.165) is 0 Å². The third kappa shape index (κ3) is 7.73. The van der Waals surface area contributed by atoms with Crippen LogP contribution in [0.2, 0.25) is 0 Å². The summed E-state index contributed by atoms with van der Waals surface area (Å²) >= 11 is 0. The van der Waals surface area contributed by atoms with Crippen molar-refractivity contribution in [1.29, 1.82) is 0 Å². The summed E-state index contributed by atoms with van der Waals surface area (Å²) in [6.45, 7) is 6.38. The van der Waals surface area contributed by atoms with Crippen LogP contribution in [-0.2, 0) is 9.47 Å². The number of alkyl carbamates (subject to hydrolysis) is 1. The molecule has 0 saturated carbocycles. The second-order valence-electron chi connectivity index (χ2n) is 10.2. The zero-order valence-corrected chi connectivity index (χ0v) is 22.8. The molecule has 2 aromatic carbocycles. The van der Waals surface area contributed by atoms with Gasteiger partial charge in [-0.3, -0.25) is 15.5 Å². The molecule has 2 aliphatic heterocycles. The van der Waals surface area contributed by atoms with Gasteiger partial charge in [-0.2, -0.15) is 0 Å². The molecule has 0 aromatic heterocycles. The maximum atomic E-state index is 13.0. The Morgan fingerprint density at radius 3 is 2.62 bits per heavy atom. The first kappa shape index (κ1) is 28.4. The van der Waals surface area contributed by atoms with Crippen LogP contribution >= 0.6 is 0 Å². The summed E-state index contributed by atoms with van der Waals surface area (Å²) in [6.07, 6.45) is 2.48. The van der Waals surface area contributed by atoms with E-state index >= 15 is 0 Å². The molecule has 2 aliphatic rings. The summed E-state index contributed by atoms with van der Waals surface area (Å²) in [5.41, 5.74) is -0.00678. The zero-order chi connectivity index (χ0) is 28.9. The fourth-order valence-corrected chi connectivity index (χ4v) is 3.81. The van der Waals surface area contributed by atoms with Crippen molar-refractivity contribution in [3.63, 3.8) is 0 Å². The number of ether oxygens (including phenoxy) is 5. The van der Waals surface area contributed by atoms with Gasteiger partial charge in [0.25, 0.3) is 11.7 Å². The van der Waals surface area contributed by atoms with Crippen molar-refractivity contribution in [1.82, 2.24) is 15.5 Å². The molecule has 1 fully saturated rings. The number of fused-ring (bicyclic) bond motifs is 1. The van der Waals surface area contributed by atoms with Crippen LogP contribution in [0, 0.1) is 0 Å². The van der Waals surface area contributed by atoms with Gasteiger partial charge >= 0.3 is 12.0 Å². The molecular formula is C28H33N4O8+.